The molecule has 0 saturated heterocycles. The molecule has 0 unspecified atom stereocenters. The minimum absolute atomic E-state index is 0.0946. The maximum atomic E-state index is 13.4. The van der Waals surface area contributed by atoms with Gasteiger partial charge in [0.05, 0.1) is 12.1 Å². The summed E-state index contributed by atoms with van der Waals surface area (Å²) in [5.74, 6) is -0.948. The Hall–Kier alpha value is -4.44. The van der Waals surface area contributed by atoms with E-state index in [1.165, 1.54) is 6.21 Å². The van der Waals surface area contributed by atoms with Gasteiger partial charge in [-0.3, -0.25) is 9.59 Å². The third-order valence-electron chi connectivity index (χ3n) is 5.36. The fraction of sp³-hybridized carbons (Fsp3) is 0.214. The molecule has 2 N–H and O–H groups in total. The number of ether oxygens (including phenoxy) is 1. The number of nitrogens with zero attached hydrogens (tertiary/aromatic N) is 2. The molecular formula is C28H28N4O3. The molecule has 0 heterocycles. The first-order valence-corrected chi connectivity index (χ1v) is 11.3. The van der Waals surface area contributed by atoms with Crippen LogP contribution in [0.2, 0.25) is 0 Å². The molecule has 0 aromatic heterocycles. The van der Waals surface area contributed by atoms with E-state index in [0.29, 0.717) is 11.3 Å². The lowest BCUT2D eigenvalue weighted by atomic mass is 9.89. The van der Waals surface area contributed by atoms with Crippen LogP contribution in [0.25, 0.3) is 0 Å². The average Bonchev–Trinajstić information content (AvgIpc) is 2.88. The van der Waals surface area contributed by atoms with Crippen molar-refractivity contribution in [3.8, 4) is 11.8 Å². The van der Waals surface area contributed by atoms with Crippen LogP contribution in [-0.2, 0) is 9.59 Å². The van der Waals surface area contributed by atoms with Crippen LogP contribution in [0.15, 0.2) is 90.0 Å². The van der Waals surface area contributed by atoms with Crippen LogP contribution < -0.4 is 15.5 Å². The lowest BCUT2D eigenvalue weighted by Crippen LogP contribution is -2.50. The van der Waals surface area contributed by atoms with Crippen molar-refractivity contribution in [1.29, 1.82) is 5.26 Å². The number of carbonyl (C=O) groups excluding carboxylic acids is 2. The number of nitrogens with one attached hydrogen (secondary N) is 2. The molecule has 3 aromatic rings. The number of hydrazone groups is 1. The number of benzene rings is 3. The predicted molar refractivity (Wildman–Crippen MR) is 135 cm³/mol. The van der Waals surface area contributed by atoms with Gasteiger partial charge in [-0.2, -0.15) is 10.4 Å². The van der Waals surface area contributed by atoms with Crippen molar-refractivity contribution in [3.63, 3.8) is 0 Å². The number of carbonyl (C=O) groups is 2. The topological polar surface area (TPSA) is 104 Å². The summed E-state index contributed by atoms with van der Waals surface area (Å²) in [4.78, 5) is 26.4. The number of rotatable bonds is 10. The number of amides is 2. The van der Waals surface area contributed by atoms with Gasteiger partial charge in [0.15, 0.2) is 6.61 Å². The third-order valence-corrected chi connectivity index (χ3v) is 5.36. The van der Waals surface area contributed by atoms with Crippen molar-refractivity contribution in [1.82, 2.24) is 10.7 Å². The standard InChI is InChI=1S/C28H28N4O3/c1-20(2)26(28(34)32-30-19-23-15-9-10-16-24(23)35-18-17-29)31-27(33)25(21-11-5-3-6-12-21)22-13-7-4-8-14-22/h3-16,19-20,25-26H,18H2,1-2H3,(H,31,33)(H,32,34)/b30-19-/t26-/m1/s1. The van der Waals surface area contributed by atoms with E-state index >= 15 is 0 Å². The van der Waals surface area contributed by atoms with Gasteiger partial charge in [-0.05, 0) is 29.2 Å². The Balaban J connectivity index is 1.74. The molecule has 0 aliphatic rings. The summed E-state index contributed by atoms with van der Waals surface area (Å²) >= 11 is 0. The van der Waals surface area contributed by atoms with E-state index in [2.05, 4.69) is 15.8 Å². The average molecular weight is 469 g/mol. The lowest BCUT2D eigenvalue weighted by Gasteiger charge is -2.24. The Bertz CT molecular complexity index is 1150. The molecule has 1 atom stereocenters. The fourth-order valence-corrected chi connectivity index (χ4v) is 3.62. The molecule has 2 amide bonds. The zero-order chi connectivity index (χ0) is 25.0. The van der Waals surface area contributed by atoms with Gasteiger partial charge in [0.2, 0.25) is 5.91 Å². The van der Waals surface area contributed by atoms with E-state index in [-0.39, 0.29) is 18.4 Å². The molecular weight excluding hydrogens is 440 g/mol. The Morgan fingerprint density at radius 2 is 1.49 bits per heavy atom. The van der Waals surface area contributed by atoms with Crippen molar-refractivity contribution < 1.29 is 14.3 Å². The van der Waals surface area contributed by atoms with Gasteiger partial charge in [-0.25, -0.2) is 5.43 Å². The van der Waals surface area contributed by atoms with Gasteiger partial charge < -0.3 is 10.1 Å². The summed E-state index contributed by atoms with van der Waals surface area (Å²) in [5.41, 5.74) is 4.81. The van der Waals surface area contributed by atoms with E-state index < -0.39 is 17.9 Å². The molecule has 0 aliphatic heterocycles. The molecule has 0 bridgehead atoms. The minimum Gasteiger partial charge on any atom is -0.478 e. The second-order valence-corrected chi connectivity index (χ2v) is 8.20. The number of para-hydroxylation sites is 1. The SMILES string of the molecule is CC(C)[C@@H](NC(=O)C(c1ccccc1)c1ccccc1)C(=O)N/N=C\c1ccccc1OCC#N. The number of hydrogen-bond donors (Lipinski definition) is 2. The molecule has 0 spiro atoms. The van der Waals surface area contributed by atoms with Gasteiger partial charge in [-0.15, -0.1) is 0 Å². The van der Waals surface area contributed by atoms with E-state index in [1.807, 2.05) is 80.6 Å². The molecule has 0 aliphatic carbocycles. The van der Waals surface area contributed by atoms with E-state index in [1.54, 1.807) is 24.3 Å². The quantitative estimate of drug-likeness (QED) is 0.347. The molecule has 3 rings (SSSR count). The number of nitriles is 1. The summed E-state index contributed by atoms with van der Waals surface area (Å²) in [6.07, 6.45) is 1.44. The first-order valence-electron chi connectivity index (χ1n) is 11.3. The summed E-state index contributed by atoms with van der Waals surface area (Å²) in [6.45, 7) is 3.63. The van der Waals surface area contributed by atoms with Crippen LogP contribution in [0, 0.1) is 17.2 Å². The Morgan fingerprint density at radius 3 is 2.06 bits per heavy atom. The summed E-state index contributed by atoms with van der Waals surface area (Å²) in [7, 11) is 0. The molecule has 178 valence electrons. The second kappa shape index (κ2) is 12.7. The van der Waals surface area contributed by atoms with Gasteiger partial charge in [0, 0.05) is 5.56 Å². The number of hydrogen-bond acceptors (Lipinski definition) is 5. The van der Waals surface area contributed by atoms with Crippen LogP contribution in [0.5, 0.6) is 5.75 Å². The highest BCUT2D eigenvalue weighted by molar-refractivity contribution is 5.93. The van der Waals surface area contributed by atoms with E-state index in [9.17, 15) is 9.59 Å². The normalized spacial score (nSPS) is 11.7. The van der Waals surface area contributed by atoms with Crippen molar-refractivity contribution in [2.45, 2.75) is 25.8 Å². The Labute approximate surface area is 205 Å². The highest BCUT2D eigenvalue weighted by Gasteiger charge is 2.29. The minimum atomic E-state index is -0.792. The summed E-state index contributed by atoms with van der Waals surface area (Å²) in [6, 6.07) is 27.1. The van der Waals surface area contributed by atoms with E-state index in [4.69, 9.17) is 10.00 Å². The molecule has 35 heavy (non-hydrogen) atoms. The highest BCUT2D eigenvalue weighted by Crippen LogP contribution is 2.25. The van der Waals surface area contributed by atoms with Crippen LogP contribution in [0.1, 0.15) is 36.5 Å². The van der Waals surface area contributed by atoms with Crippen LogP contribution in [0.3, 0.4) is 0 Å². The molecule has 7 heteroatoms. The monoisotopic (exact) mass is 468 g/mol. The van der Waals surface area contributed by atoms with Gasteiger partial charge in [0.1, 0.15) is 17.9 Å². The third kappa shape index (κ3) is 7.02. The second-order valence-electron chi connectivity index (χ2n) is 8.20. The molecule has 0 saturated carbocycles. The summed E-state index contributed by atoms with van der Waals surface area (Å²) < 4.78 is 5.37. The maximum Gasteiger partial charge on any atom is 0.262 e. The van der Waals surface area contributed by atoms with Crippen molar-refractivity contribution >= 4 is 18.0 Å². The largest absolute Gasteiger partial charge is 0.478 e. The van der Waals surface area contributed by atoms with Crippen LogP contribution in [0.4, 0.5) is 0 Å². The van der Waals surface area contributed by atoms with Crippen LogP contribution >= 0.6 is 0 Å². The molecule has 7 nitrogen and oxygen atoms in total. The Morgan fingerprint density at radius 1 is 0.914 bits per heavy atom. The lowest BCUT2D eigenvalue weighted by molar-refractivity contribution is -0.130. The fourth-order valence-electron chi connectivity index (χ4n) is 3.62. The van der Waals surface area contributed by atoms with Gasteiger partial charge >= 0.3 is 0 Å². The molecule has 0 radical (unpaired) electrons. The molecule has 3 aromatic carbocycles. The van der Waals surface area contributed by atoms with Gasteiger partial charge in [-0.1, -0.05) is 86.6 Å². The first kappa shape index (κ1) is 25.2. The Kier molecular flexibility index (Phi) is 9.14. The molecule has 0 fully saturated rings. The smallest absolute Gasteiger partial charge is 0.262 e. The van der Waals surface area contributed by atoms with Crippen LogP contribution in [-0.4, -0.2) is 30.7 Å². The predicted octanol–water partition coefficient (Wildman–Crippen LogP) is 4.01. The maximum absolute atomic E-state index is 13.4. The van der Waals surface area contributed by atoms with Crippen molar-refractivity contribution in [2.24, 2.45) is 11.0 Å². The zero-order valence-corrected chi connectivity index (χ0v) is 19.7. The zero-order valence-electron chi connectivity index (χ0n) is 19.7. The first-order chi connectivity index (χ1) is 17.0. The van der Waals surface area contributed by atoms with Crippen molar-refractivity contribution in [3.05, 3.63) is 102 Å². The van der Waals surface area contributed by atoms with Gasteiger partial charge in [0.25, 0.3) is 5.91 Å². The van der Waals surface area contributed by atoms with E-state index in [0.717, 1.165) is 11.1 Å². The summed E-state index contributed by atoms with van der Waals surface area (Å²) in [5, 5.41) is 15.7. The van der Waals surface area contributed by atoms with Crippen molar-refractivity contribution in [2.75, 3.05) is 6.61 Å². The highest BCUT2D eigenvalue weighted by atomic mass is 16.5.